The van der Waals surface area contributed by atoms with Gasteiger partial charge in [-0.25, -0.2) is 0 Å². The predicted octanol–water partition coefficient (Wildman–Crippen LogP) is 1.91. The van der Waals surface area contributed by atoms with Crippen LogP contribution in [0.4, 0.5) is 0 Å². The second kappa shape index (κ2) is 3.95. The van der Waals surface area contributed by atoms with Crippen LogP contribution in [0.1, 0.15) is 24.0 Å². The van der Waals surface area contributed by atoms with Crippen LogP contribution >= 0.6 is 0 Å². The van der Waals surface area contributed by atoms with Crippen LogP contribution in [0.5, 0.6) is 0 Å². The Balaban J connectivity index is 2.18. The molecule has 2 rings (SSSR count). The van der Waals surface area contributed by atoms with Gasteiger partial charge in [-0.2, -0.15) is 0 Å². The molecule has 2 heteroatoms. The molecule has 2 nitrogen and oxygen atoms in total. The first kappa shape index (κ1) is 10.7. The predicted molar refractivity (Wildman–Crippen MR) is 61.8 cm³/mol. The van der Waals surface area contributed by atoms with Crippen LogP contribution in [0.25, 0.3) is 0 Å². The minimum absolute atomic E-state index is 0.597. The zero-order valence-electron chi connectivity index (χ0n) is 9.53. The van der Waals surface area contributed by atoms with Crippen molar-refractivity contribution in [3.05, 3.63) is 35.4 Å². The monoisotopic (exact) mass is 205 g/mol. The van der Waals surface area contributed by atoms with E-state index in [1.54, 1.807) is 0 Å². The van der Waals surface area contributed by atoms with Gasteiger partial charge in [0.1, 0.15) is 0 Å². The van der Waals surface area contributed by atoms with Crippen molar-refractivity contribution in [1.29, 1.82) is 0 Å². The molecule has 0 aromatic heterocycles. The van der Waals surface area contributed by atoms with Crippen LogP contribution in [-0.4, -0.2) is 30.1 Å². The van der Waals surface area contributed by atoms with Crippen LogP contribution < -0.4 is 0 Å². The van der Waals surface area contributed by atoms with Gasteiger partial charge in [-0.15, -0.1) is 0 Å². The van der Waals surface area contributed by atoms with E-state index in [1.807, 2.05) is 0 Å². The standard InChI is InChI=1S/C13H19NO/c1-11-3-5-12(6-4-11)13(15)7-9-14(2)10-8-13/h3-6,15H,7-10H2,1-2H3. The molecule has 0 atom stereocenters. The summed E-state index contributed by atoms with van der Waals surface area (Å²) in [6.45, 7) is 4.03. The quantitative estimate of drug-likeness (QED) is 0.757. The zero-order chi connectivity index (χ0) is 10.9. The van der Waals surface area contributed by atoms with Crippen LogP contribution in [0, 0.1) is 6.92 Å². The maximum atomic E-state index is 10.5. The van der Waals surface area contributed by atoms with Crippen molar-refractivity contribution in [1.82, 2.24) is 4.90 Å². The number of aliphatic hydroxyl groups is 1. The highest BCUT2D eigenvalue weighted by Crippen LogP contribution is 2.32. The van der Waals surface area contributed by atoms with E-state index in [4.69, 9.17) is 0 Å². The Labute approximate surface area is 91.5 Å². The van der Waals surface area contributed by atoms with E-state index in [2.05, 4.69) is 43.1 Å². The number of rotatable bonds is 1. The van der Waals surface area contributed by atoms with Gasteiger partial charge < -0.3 is 10.0 Å². The van der Waals surface area contributed by atoms with E-state index in [-0.39, 0.29) is 0 Å². The molecule has 1 aliphatic rings. The molecule has 1 N–H and O–H groups in total. The molecule has 82 valence electrons. The molecular weight excluding hydrogens is 186 g/mol. The Kier molecular flexibility index (Phi) is 2.81. The van der Waals surface area contributed by atoms with E-state index >= 15 is 0 Å². The summed E-state index contributed by atoms with van der Waals surface area (Å²) in [6, 6.07) is 8.26. The van der Waals surface area contributed by atoms with Crippen molar-refractivity contribution in [2.75, 3.05) is 20.1 Å². The molecular formula is C13H19NO. The molecule has 0 bridgehead atoms. The molecule has 0 aliphatic carbocycles. The molecule has 1 aromatic rings. The lowest BCUT2D eigenvalue weighted by atomic mass is 9.84. The average Bonchev–Trinajstić information content (AvgIpc) is 2.24. The smallest absolute Gasteiger partial charge is 0.0920 e. The van der Waals surface area contributed by atoms with Gasteiger partial charge in [-0.3, -0.25) is 0 Å². The number of nitrogens with zero attached hydrogens (tertiary/aromatic N) is 1. The third-order valence-electron chi connectivity index (χ3n) is 3.40. The Morgan fingerprint density at radius 1 is 1.13 bits per heavy atom. The van der Waals surface area contributed by atoms with Crippen molar-refractivity contribution >= 4 is 0 Å². The largest absolute Gasteiger partial charge is 0.385 e. The van der Waals surface area contributed by atoms with Gasteiger partial charge in [0.2, 0.25) is 0 Å². The first-order chi connectivity index (χ1) is 7.10. The first-order valence-corrected chi connectivity index (χ1v) is 5.58. The van der Waals surface area contributed by atoms with E-state index in [1.165, 1.54) is 5.56 Å². The molecule has 0 spiro atoms. The van der Waals surface area contributed by atoms with Gasteiger partial charge in [-0.1, -0.05) is 29.8 Å². The summed E-state index contributed by atoms with van der Waals surface area (Å²) in [4.78, 5) is 2.27. The SMILES string of the molecule is Cc1ccc(C2(O)CCN(C)CC2)cc1. The van der Waals surface area contributed by atoms with Gasteiger partial charge in [0.05, 0.1) is 5.60 Å². The van der Waals surface area contributed by atoms with Crippen LogP contribution in [0.3, 0.4) is 0 Å². The number of hydrogen-bond donors (Lipinski definition) is 1. The molecule has 0 unspecified atom stereocenters. The summed E-state index contributed by atoms with van der Waals surface area (Å²) >= 11 is 0. The number of benzene rings is 1. The minimum Gasteiger partial charge on any atom is -0.385 e. The maximum Gasteiger partial charge on any atom is 0.0920 e. The fraction of sp³-hybridized carbons (Fsp3) is 0.538. The molecule has 1 saturated heterocycles. The van der Waals surface area contributed by atoms with Crippen LogP contribution in [-0.2, 0) is 5.60 Å². The summed E-state index contributed by atoms with van der Waals surface area (Å²) in [5, 5.41) is 10.5. The molecule has 15 heavy (non-hydrogen) atoms. The van der Waals surface area contributed by atoms with Crippen molar-refractivity contribution < 1.29 is 5.11 Å². The summed E-state index contributed by atoms with van der Waals surface area (Å²) in [6.07, 6.45) is 1.68. The lowest BCUT2D eigenvalue weighted by molar-refractivity contribution is -0.0203. The molecule has 0 amide bonds. The van der Waals surface area contributed by atoms with Crippen molar-refractivity contribution in [2.45, 2.75) is 25.4 Å². The van der Waals surface area contributed by atoms with Gasteiger partial charge in [0.25, 0.3) is 0 Å². The highest BCUT2D eigenvalue weighted by Gasteiger charge is 2.32. The number of hydrogen-bond acceptors (Lipinski definition) is 2. The van der Waals surface area contributed by atoms with Crippen LogP contribution in [0.2, 0.25) is 0 Å². The van der Waals surface area contributed by atoms with Gasteiger partial charge in [-0.05, 0) is 32.4 Å². The van der Waals surface area contributed by atoms with Crippen LogP contribution in [0.15, 0.2) is 24.3 Å². The summed E-state index contributed by atoms with van der Waals surface area (Å²) in [7, 11) is 2.11. The zero-order valence-corrected chi connectivity index (χ0v) is 9.53. The number of piperidine rings is 1. The third-order valence-corrected chi connectivity index (χ3v) is 3.40. The highest BCUT2D eigenvalue weighted by molar-refractivity contribution is 5.27. The van der Waals surface area contributed by atoms with E-state index in [9.17, 15) is 5.11 Å². The molecule has 1 aliphatic heterocycles. The molecule has 1 fully saturated rings. The number of likely N-dealkylation sites (tertiary alicyclic amines) is 1. The third kappa shape index (κ3) is 2.21. The van der Waals surface area contributed by atoms with Crippen molar-refractivity contribution in [3.63, 3.8) is 0 Å². The Morgan fingerprint density at radius 3 is 2.20 bits per heavy atom. The highest BCUT2D eigenvalue weighted by atomic mass is 16.3. The lowest BCUT2D eigenvalue weighted by Crippen LogP contribution is -2.40. The second-order valence-corrected chi connectivity index (χ2v) is 4.70. The maximum absolute atomic E-state index is 10.5. The average molecular weight is 205 g/mol. The molecule has 0 saturated carbocycles. The Hall–Kier alpha value is -0.860. The fourth-order valence-corrected chi connectivity index (χ4v) is 2.14. The Bertz CT molecular complexity index is 323. The van der Waals surface area contributed by atoms with Crippen molar-refractivity contribution in [3.8, 4) is 0 Å². The lowest BCUT2D eigenvalue weighted by Gasteiger charge is -2.37. The fourth-order valence-electron chi connectivity index (χ4n) is 2.14. The van der Waals surface area contributed by atoms with E-state index in [0.29, 0.717) is 0 Å². The first-order valence-electron chi connectivity index (χ1n) is 5.58. The summed E-state index contributed by atoms with van der Waals surface area (Å²) < 4.78 is 0. The number of aryl methyl sites for hydroxylation is 1. The van der Waals surface area contributed by atoms with E-state index < -0.39 is 5.60 Å². The summed E-state index contributed by atoms with van der Waals surface area (Å²) in [5.41, 5.74) is 1.72. The second-order valence-electron chi connectivity index (χ2n) is 4.70. The van der Waals surface area contributed by atoms with Gasteiger partial charge in [0.15, 0.2) is 0 Å². The topological polar surface area (TPSA) is 23.5 Å². The molecule has 0 radical (unpaired) electrons. The Morgan fingerprint density at radius 2 is 1.67 bits per heavy atom. The minimum atomic E-state index is -0.597. The summed E-state index contributed by atoms with van der Waals surface area (Å²) in [5.74, 6) is 0. The normalized spacial score (nSPS) is 21.5. The molecule has 1 heterocycles. The van der Waals surface area contributed by atoms with Gasteiger partial charge in [0, 0.05) is 13.1 Å². The van der Waals surface area contributed by atoms with Gasteiger partial charge >= 0.3 is 0 Å². The molecule has 1 aromatic carbocycles. The van der Waals surface area contributed by atoms with Crippen molar-refractivity contribution in [2.24, 2.45) is 0 Å². The van der Waals surface area contributed by atoms with E-state index in [0.717, 1.165) is 31.5 Å².